The normalized spacial score (nSPS) is 9.50. The van der Waals surface area contributed by atoms with E-state index in [1.54, 1.807) is 14.0 Å². The van der Waals surface area contributed by atoms with Crippen molar-refractivity contribution in [2.45, 2.75) is 6.92 Å². The minimum atomic E-state index is -0.133. The number of amides is 1. The summed E-state index contributed by atoms with van der Waals surface area (Å²) in [6, 6.07) is 0.260. The molecule has 1 amide bonds. The van der Waals surface area contributed by atoms with E-state index in [0.717, 1.165) is 0 Å². The number of aromatic nitrogens is 2. The average Bonchev–Trinajstić information content (AvgIpc) is 2.47. The lowest BCUT2D eigenvalue weighted by molar-refractivity contribution is -0.118. The number of hydrogen-bond donors (Lipinski definition) is 2. The SMILES string of the molecule is CNC(=O)CNc1nc(C)no1. The summed E-state index contributed by atoms with van der Waals surface area (Å²) in [5.74, 6) is 0.403. The summed E-state index contributed by atoms with van der Waals surface area (Å²) in [5.41, 5.74) is 0. The monoisotopic (exact) mass is 170 g/mol. The molecule has 6 heteroatoms. The first kappa shape index (κ1) is 8.51. The second kappa shape index (κ2) is 3.70. The molecule has 0 aliphatic carbocycles. The van der Waals surface area contributed by atoms with E-state index < -0.39 is 0 Å². The number of likely N-dealkylation sites (N-methyl/N-ethyl adjacent to an activating group) is 1. The van der Waals surface area contributed by atoms with Crippen LogP contribution in [0.2, 0.25) is 0 Å². The van der Waals surface area contributed by atoms with E-state index in [2.05, 4.69) is 20.8 Å². The molecule has 66 valence electrons. The number of hydrogen-bond acceptors (Lipinski definition) is 5. The van der Waals surface area contributed by atoms with Gasteiger partial charge in [0.2, 0.25) is 5.91 Å². The molecular weight excluding hydrogens is 160 g/mol. The Bertz CT molecular complexity index is 270. The van der Waals surface area contributed by atoms with Crippen LogP contribution >= 0.6 is 0 Å². The van der Waals surface area contributed by atoms with Gasteiger partial charge in [-0.15, -0.1) is 0 Å². The van der Waals surface area contributed by atoms with Crippen LogP contribution in [0.4, 0.5) is 6.01 Å². The van der Waals surface area contributed by atoms with E-state index >= 15 is 0 Å². The van der Waals surface area contributed by atoms with E-state index in [1.165, 1.54) is 0 Å². The molecule has 0 aromatic carbocycles. The Balaban J connectivity index is 2.38. The van der Waals surface area contributed by atoms with Crippen molar-refractivity contribution >= 4 is 11.9 Å². The van der Waals surface area contributed by atoms with Crippen LogP contribution in [0.25, 0.3) is 0 Å². The molecule has 1 aromatic heterocycles. The van der Waals surface area contributed by atoms with Gasteiger partial charge in [0.1, 0.15) is 0 Å². The van der Waals surface area contributed by atoms with Crippen molar-refractivity contribution in [2.75, 3.05) is 18.9 Å². The fourth-order valence-corrected chi connectivity index (χ4v) is 0.613. The molecule has 0 atom stereocenters. The third-order valence-corrected chi connectivity index (χ3v) is 1.21. The van der Waals surface area contributed by atoms with Gasteiger partial charge in [0.25, 0.3) is 0 Å². The summed E-state index contributed by atoms with van der Waals surface area (Å²) in [6.07, 6.45) is 0. The lowest BCUT2D eigenvalue weighted by Crippen LogP contribution is -2.26. The van der Waals surface area contributed by atoms with Gasteiger partial charge in [0.15, 0.2) is 5.82 Å². The van der Waals surface area contributed by atoms with Gasteiger partial charge in [-0.25, -0.2) is 0 Å². The van der Waals surface area contributed by atoms with Crippen LogP contribution in [0, 0.1) is 6.92 Å². The molecule has 1 heterocycles. The van der Waals surface area contributed by atoms with Crippen LogP contribution < -0.4 is 10.6 Å². The zero-order chi connectivity index (χ0) is 8.97. The topological polar surface area (TPSA) is 80.0 Å². The van der Waals surface area contributed by atoms with Crippen molar-refractivity contribution in [3.05, 3.63) is 5.82 Å². The maximum absolute atomic E-state index is 10.7. The number of anilines is 1. The second-order valence-corrected chi connectivity index (χ2v) is 2.17. The highest BCUT2D eigenvalue weighted by Crippen LogP contribution is 2.00. The van der Waals surface area contributed by atoms with Crippen LogP contribution in [0.15, 0.2) is 4.52 Å². The molecule has 12 heavy (non-hydrogen) atoms. The van der Waals surface area contributed by atoms with Crippen LogP contribution in [-0.4, -0.2) is 29.6 Å². The van der Waals surface area contributed by atoms with Crippen LogP contribution in [-0.2, 0) is 4.79 Å². The molecule has 0 saturated carbocycles. The smallest absolute Gasteiger partial charge is 0.321 e. The van der Waals surface area contributed by atoms with Crippen LogP contribution in [0.3, 0.4) is 0 Å². The standard InChI is InChI=1S/C6H10N4O2/c1-4-9-6(12-10-4)8-3-5(11)7-2/h3H2,1-2H3,(H,7,11)(H,8,9,10). The fourth-order valence-electron chi connectivity index (χ4n) is 0.613. The third kappa shape index (κ3) is 2.22. The molecule has 6 nitrogen and oxygen atoms in total. The second-order valence-electron chi connectivity index (χ2n) is 2.17. The summed E-state index contributed by atoms with van der Waals surface area (Å²) in [7, 11) is 1.56. The van der Waals surface area contributed by atoms with Crippen molar-refractivity contribution < 1.29 is 9.32 Å². The Hall–Kier alpha value is -1.59. The van der Waals surface area contributed by atoms with Gasteiger partial charge >= 0.3 is 6.01 Å². The molecule has 0 aliphatic rings. The first-order chi connectivity index (χ1) is 5.72. The van der Waals surface area contributed by atoms with Crippen LogP contribution in [0.1, 0.15) is 5.82 Å². The molecule has 0 radical (unpaired) electrons. The Morgan fingerprint density at radius 1 is 1.67 bits per heavy atom. The lowest BCUT2D eigenvalue weighted by atomic mass is 10.6. The Kier molecular flexibility index (Phi) is 2.62. The number of carbonyl (C=O) groups excluding carboxylic acids is 1. The summed E-state index contributed by atoms with van der Waals surface area (Å²) >= 11 is 0. The summed E-state index contributed by atoms with van der Waals surface area (Å²) < 4.78 is 4.71. The molecule has 0 bridgehead atoms. The van der Waals surface area contributed by atoms with E-state index in [0.29, 0.717) is 5.82 Å². The van der Waals surface area contributed by atoms with E-state index in [4.69, 9.17) is 4.52 Å². The lowest BCUT2D eigenvalue weighted by Gasteiger charge is -1.97. The molecule has 0 spiro atoms. The van der Waals surface area contributed by atoms with Crippen molar-refractivity contribution in [3.63, 3.8) is 0 Å². The molecule has 1 rings (SSSR count). The van der Waals surface area contributed by atoms with Crippen molar-refractivity contribution in [2.24, 2.45) is 0 Å². The fraction of sp³-hybridized carbons (Fsp3) is 0.500. The average molecular weight is 170 g/mol. The third-order valence-electron chi connectivity index (χ3n) is 1.21. The predicted molar refractivity (Wildman–Crippen MR) is 41.6 cm³/mol. The quantitative estimate of drug-likeness (QED) is 0.641. The van der Waals surface area contributed by atoms with Gasteiger partial charge in [-0.1, -0.05) is 5.16 Å². The van der Waals surface area contributed by atoms with E-state index in [1.807, 2.05) is 0 Å². The molecule has 0 saturated heterocycles. The highest BCUT2D eigenvalue weighted by Gasteiger charge is 2.02. The zero-order valence-electron chi connectivity index (χ0n) is 6.92. The van der Waals surface area contributed by atoms with E-state index in [9.17, 15) is 4.79 Å². The van der Waals surface area contributed by atoms with Gasteiger partial charge in [-0.05, 0) is 6.92 Å². The number of aryl methyl sites for hydroxylation is 1. The van der Waals surface area contributed by atoms with Gasteiger partial charge in [0, 0.05) is 7.05 Å². The number of nitrogens with zero attached hydrogens (tertiary/aromatic N) is 2. The van der Waals surface area contributed by atoms with Crippen molar-refractivity contribution in [3.8, 4) is 0 Å². The first-order valence-electron chi connectivity index (χ1n) is 3.47. The Labute approximate surface area is 69.3 Å². The maximum atomic E-state index is 10.7. The minimum absolute atomic E-state index is 0.133. The summed E-state index contributed by atoms with van der Waals surface area (Å²) in [5, 5.41) is 8.65. The highest BCUT2D eigenvalue weighted by molar-refractivity contribution is 5.79. The number of nitrogens with one attached hydrogen (secondary N) is 2. The Morgan fingerprint density at radius 2 is 2.42 bits per heavy atom. The Morgan fingerprint density at radius 3 is 2.92 bits per heavy atom. The first-order valence-corrected chi connectivity index (χ1v) is 3.47. The minimum Gasteiger partial charge on any atom is -0.358 e. The number of carbonyl (C=O) groups is 1. The molecule has 1 aromatic rings. The highest BCUT2D eigenvalue weighted by atomic mass is 16.5. The predicted octanol–water partition coefficient (Wildman–Crippen LogP) is -0.464. The van der Waals surface area contributed by atoms with Gasteiger partial charge < -0.3 is 15.2 Å². The van der Waals surface area contributed by atoms with Crippen molar-refractivity contribution in [1.82, 2.24) is 15.5 Å². The molecule has 0 aliphatic heterocycles. The summed E-state index contributed by atoms with van der Waals surface area (Å²) in [6.45, 7) is 1.84. The maximum Gasteiger partial charge on any atom is 0.321 e. The molecular formula is C6H10N4O2. The van der Waals surface area contributed by atoms with Crippen LogP contribution in [0.5, 0.6) is 0 Å². The number of rotatable bonds is 3. The van der Waals surface area contributed by atoms with Gasteiger partial charge in [-0.3, -0.25) is 4.79 Å². The van der Waals surface area contributed by atoms with Gasteiger partial charge in [-0.2, -0.15) is 4.98 Å². The van der Waals surface area contributed by atoms with E-state index in [-0.39, 0.29) is 18.5 Å². The molecule has 0 unspecified atom stereocenters. The van der Waals surface area contributed by atoms with Crippen molar-refractivity contribution in [1.29, 1.82) is 0 Å². The molecule has 0 fully saturated rings. The summed E-state index contributed by atoms with van der Waals surface area (Å²) in [4.78, 5) is 14.6. The zero-order valence-corrected chi connectivity index (χ0v) is 6.92. The molecule has 2 N–H and O–H groups in total. The van der Waals surface area contributed by atoms with Gasteiger partial charge in [0.05, 0.1) is 6.54 Å². The largest absolute Gasteiger partial charge is 0.358 e.